The third-order valence-electron chi connectivity index (χ3n) is 4.20. The summed E-state index contributed by atoms with van der Waals surface area (Å²) in [5.41, 5.74) is 1.26. The number of carbonyl (C=O) groups is 1. The van der Waals surface area contributed by atoms with Gasteiger partial charge in [0.1, 0.15) is 4.83 Å². The molecule has 0 saturated carbocycles. The number of amides is 1. The molecule has 5 nitrogen and oxygen atoms in total. The van der Waals surface area contributed by atoms with Crippen LogP contribution in [0.4, 0.5) is 10.8 Å². The summed E-state index contributed by atoms with van der Waals surface area (Å²) in [7, 11) is 0. The summed E-state index contributed by atoms with van der Waals surface area (Å²) in [6, 6.07) is 10.8. The van der Waals surface area contributed by atoms with Gasteiger partial charge in [-0.05, 0) is 49.6 Å². The van der Waals surface area contributed by atoms with E-state index in [2.05, 4.69) is 16.3 Å². The fourth-order valence-corrected chi connectivity index (χ4v) is 5.03. The molecule has 0 radical (unpaired) electrons. The van der Waals surface area contributed by atoms with Crippen LogP contribution < -0.4 is 10.2 Å². The van der Waals surface area contributed by atoms with Crippen LogP contribution in [0, 0.1) is 11.3 Å². The summed E-state index contributed by atoms with van der Waals surface area (Å²) in [5, 5.41) is 12.8. The SMILES string of the molecule is N#Cc1ccc(NC(=O)c2cc3sc(N4CCCCC4)nc3s2)cc1. The Hall–Kier alpha value is -2.43. The molecule has 1 N–H and O–H groups in total. The van der Waals surface area contributed by atoms with Crippen molar-refractivity contribution in [3.63, 3.8) is 0 Å². The van der Waals surface area contributed by atoms with Crippen LogP contribution in [0.3, 0.4) is 0 Å². The molecule has 4 rings (SSSR count). The van der Waals surface area contributed by atoms with E-state index in [0.717, 1.165) is 27.8 Å². The Morgan fingerprint density at radius 1 is 1.16 bits per heavy atom. The molecule has 0 unspecified atom stereocenters. The lowest BCUT2D eigenvalue weighted by Gasteiger charge is -2.25. The van der Waals surface area contributed by atoms with Gasteiger partial charge in [0.05, 0.1) is 21.2 Å². The number of thiophene rings is 1. The molecule has 25 heavy (non-hydrogen) atoms. The van der Waals surface area contributed by atoms with Gasteiger partial charge in [-0.3, -0.25) is 4.79 Å². The van der Waals surface area contributed by atoms with Crippen LogP contribution in [-0.4, -0.2) is 24.0 Å². The van der Waals surface area contributed by atoms with Crippen molar-refractivity contribution >= 4 is 48.9 Å². The number of nitrogens with one attached hydrogen (secondary N) is 1. The van der Waals surface area contributed by atoms with Crippen LogP contribution in [0.15, 0.2) is 30.3 Å². The first-order valence-corrected chi connectivity index (χ1v) is 9.83. The van der Waals surface area contributed by atoms with Crippen molar-refractivity contribution in [2.45, 2.75) is 19.3 Å². The summed E-state index contributed by atoms with van der Waals surface area (Å²) >= 11 is 3.09. The smallest absolute Gasteiger partial charge is 0.265 e. The van der Waals surface area contributed by atoms with E-state index < -0.39 is 0 Å². The first kappa shape index (κ1) is 16.1. The standard InChI is InChI=1S/C18H16N4OS2/c19-11-12-4-6-13(7-5-12)20-16(23)14-10-15-17(24-14)21-18(25-15)22-8-2-1-3-9-22/h4-7,10H,1-3,8-9H2,(H,20,23). The van der Waals surface area contributed by atoms with E-state index >= 15 is 0 Å². The van der Waals surface area contributed by atoms with Crippen LogP contribution >= 0.6 is 22.7 Å². The number of aromatic nitrogens is 1. The zero-order chi connectivity index (χ0) is 17.2. The van der Waals surface area contributed by atoms with Crippen molar-refractivity contribution in [3.05, 3.63) is 40.8 Å². The number of hydrogen-bond donors (Lipinski definition) is 1. The van der Waals surface area contributed by atoms with Gasteiger partial charge in [0.15, 0.2) is 5.13 Å². The van der Waals surface area contributed by atoms with Crippen molar-refractivity contribution in [3.8, 4) is 6.07 Å². The van der Waals surface area contributed by atoms with Crippen molar-refractivity contribution in [1.29, 1.82) is 5.26 Å². The van der Waals surface area contributed by atoms with E-state index in [1.54, 1.807) is 35.6 Å². The number of nitriles is 1. The number of piperidine rings is 1. The normalized spacial score (nSPS) is 14.4. The maximum absolute atomic E-state index is 12.4. The lowest BCUT2D eigenvalue weighted by atomic mass is 10.1. The molecule has 2 aromatic heterocycles. The quantitative estimate of drug-likeness (QED) is 0.740. The van der Waals surface area contributed by atoms with Gasteiger partial charge in [0.2, 0.25) is 0 Å². The van der Waals surface area contributed by atoms with Crippen LogP contribution in [0.1, 0.15) is 34.5 Å². The minimum Gasteiger partial charge on any atom is -0.348 e. The first-order valence-electron chi connectivity index (χ1n) is 8.20. The van der Waals surface area contributed by atoms with Crippen LogP contribution in [0.5, 0.6) is 0 Å². The average molecular weight is 368 g/mol. The number of nitrogens with zero attached hydrogens (tertiary/aromatic N) is 3. The summed E-state index contributed by atoms with van der Waals surface area (Å²) in [6.45, 7) is 2.15. The average Bonchev–Trinajstić information content (AvgIpc) is 3.22. The van der Waals surface area contributed by atoms with E-state index in [-0.39, 0.29) is 5.91 Å². The molecule has 1 aliphatic rings. The number of anilines is 2. The maximum atomic E-state index is 12.4. The number of rotatable bonds is 3. The lowest BCUT2D eigenvalue weighted by Crippen LogP contribution is -2.29. The molecule has 0 atom stereocenters. The molecular weight excluding hydrogens is 352 g/mol. The van der Waals surface area contributed by atoms with E-state index in [4.69, 9.17) is 10.2 Å². The second kappa shape index (κ2) is 6.82. The Morgan fingerprint density at radius 3 is 2.60 bits per heavy atom. The molecule has 1 fully saturated rings. The van der Waals surface area contributed by atoms with Crippen molar-refractivity contribution in [1.82, 2.24) is 4.98 Å². The Labute approximate surface area is 153 Å². The van der Waals surface area contributed by atoms with Crippen LogP contribution in [0.2, 0.25) is 0 Å². The first-order chi connectivity index (χ1) is 12.2. The van der Waals surface area contributed by atoms with E-state index in [0.29, 0.717) is 16.1 Å². The molecule has 1 aliphatic heterocycles. The third-order valence-corrected chi connectivity index (χ3v) is 6.42. The molecule has 0 spiro atoms. The molecular formula is C18H16N4OS2. The molecule has 7 heteroatoms. The van der Waals surface area contributed by atoms with E-state index in [9.17, 15) is 4.79 Å². The zero-order valence-electron chi connectivity index (χ0n) is 13.5. The van der Waals surface area contributed by atoms with Crippen LogP contribution in [0.25, 0.3) is 9.53 Å². The summed E-state index contributed by atoms with van der Waals surface area (Å²) in [5.74, 6) is -0.139. The number of hydrogen-bond acceptors (Lipinski definition) is 6. The third kappa shape index (κ3) is 3.36. The largest absolute Gasteiger partial charge is 0.348 e. The van der Waals surface area contributed by atoms with Crippen molar-refractivity contribution in [2.75, 3.05) is 23.3 Å². The topological polar surface area (TPSA) is 69.0 Å². The second-order valence-corrected chi connectivity index (χ2v) is 8.01. The van der Waals surface area contributed by atoms with Crippen molar-refractivity contribution < 1.29 is 4.79 Å². The highest BCUT2D eigenvalue weighted by molar-refractivity contribution is 7.29. The van der Waals surface area contributed by atoms with Gasteiger partial charge in [-0.15, -0.1) is 11.3 Å². The zero-order valence-corrected chi connectivity index (χ0v) is 15.1. The van der Waals surface area contributed by atoms with Gasteiger partial charge < -0.3 is 10.2 Å². The van der Waals surface area contributed by atoms with E-state index in [1.165, 1.54) is 30.6 Å². The maximum Gasteiger partial charge on any atom is 0.265 e. The molecule has 3 heterocycles. The van der Waals surface area contributed by atoms with Crippen molar-refractivity contribution in [2.24, 2.45) is 0 Å². The molecule has 1 saturated heterocycles. The van der Waals surface area contributed by atoms with Gasteiger partial charge in [-0.1, -0.05) is 11.3 Å². The highest BCUT2D eigenvalue weighted by atomic mass is 32.1. The Bertz CT molecular complexity index is 914. The number of carbonyl (C=O) groups excluding carboxylic acids is 1. The predicted octanol–water partition coefficient (Wildman–Crippen LogP) is 4.47. The molecule has 1 aromatic carbocycles. The summed E-state index contributed by atoms with van der Waals surface area (Å²) in [4.78, 5) is 21.1. The Morgan fingerprint density at radius 2 is 1.92 bits per heavy atom. The predicted molar refractivity (Wildman–Crippen MR) is 103 cm³/mol. The molecule has 0 bridgehead atoms. The van der Waals surface area contributed by atoms with Gasteiger partial charge in [-0.25, -0.2) is 4.98 Å². The highest BCUT2D eigenvalue weighted by Crippen LogP contribution is 2.35. The minimum atomic E-state index is -0.139. The van der Waals surface area contributed by atoms with Gasteiger partial charge in [0.25, 0.3) is 5.91 Å². The summed E-state index contributed by atoms with van der Waals surface area (Å²) in [6.07, 6.45) is 3.76. The molecule has 3 aromatic rings. The van der Waals surface area contributed by atoms with Gasteiger partial charge in [-0.2, -0.15) is 5.26 Å². The Balaban J connectivity index is 1.50. The van der Waals surface area contributed by atoms with Gasteiger partial charge >= 0.3 is 0 Å². The molecule has 126 valence electrons. The fourth-order valence-electron chi connectivity index (χ4n) is 2.88. The lowest BCUT2D eigenvalue weighted by molar-refractivity contribution is 0.103. The highest BCUT2D eigenvalue weighted by Gasteiger charge is 2.18. The second-order valence-electron chi connectivity index (χ2n) is 5.97. The minimum absolute atomic E-state index is 0.139. The summed E-state index contributed by atoms with van der Waals surface area (Å²) < 4.78 is 1.07. The Kier molecular flexibility index (Phi) is 4.38. The van der Waals surface area contributed by atoms with E-state index in [1.807, 2.05) is 6.07 Å². The molecule has 1 amide bonds. The monoisotopic (exact) mass is 368 g/mol. The fraction of sp³-hybridized carbons (Fsp3) is 0.278. The number of thiazole rings is 1. The molecule has 0 aliphatic carbocycles. The number of fused-ring (bicyclic) bond motifs is 1. The van der Waals surface area contributed by atoms with Gasteiger partial charge in [0, 0.05) is 18.8 Å². The number of benzene rings is 1. The van der Waals surface area contributed by atoms with Crippen LogP contribution in [-0.2, 0) is 0 Å².